The Labute approximate surface area is 80.4 Å². The summed E-state index contributed by atoms with van der Waals surface area (Å²) in [5, 5.41) is 8.76. The van der Waals surface area contributed by atoms with Crippen molar-refractivity contribution in [2.24, 2.45) is 11.3 Å². The monoisotopic (exact) mass is 175 g/mol. The summed E-state index contributed by atoms with van der Waals surface area (Å²) in [6.07, 6.45) is 9.59. The highest BCUT2D eigenvalue weighted by Crippen LogP contribution is 2.53. The molecule has 0 aromatic carbocycles. The molecule has 0 aliphatic heterocycles. The first-order chi connectivity index (χ1) is 6.27. The lowest BCUT2D eigenvalue weighted by Crippen LogP contribution is -2.25. The molecule has 0 N–H and O–H groups in total. The first kappa shape index (κ1) is 8.81. The van der Waals surface area contributed by atoms with E-state index in [-0.39, 0.29) is 0 Å². The van der Waals surface area contributed by atoms with E-state index >= 15 is 0 Å². The zero-order chi connectivity index (χ0) is 9.31. The van der Waals surface area contributed by atoms with Crippen LogP contribution in [0.3, 0.4) is 0 Å². The quantitative estimate of drug-likeness (QED) is 0.560. The van der Waals surface area contributed by atoms with Gasteiger partial charge in [0.25, 0.3) is 0 Å². The van der Waals surface area contributed by atoms with Gasteiger partial charge in [0.05, 0.1) is 6.07 Å². The van der Waals surface area contributed by atoms with Gasteiger partial charge in [0.1, 0.15) is 0 Å². The van der Waals surface area contributed by atoms with E-state index < -0.39 is 0 Å². The van der Waals surface area contributed by atoms with E-state index in [4.69, 9.17) is 5.26 Å². The van der Waals surface area contributed by atoms with E-state index in [1.807, 2.05) is 0 Å². The third-order valence-electron chi connectivity index (χ3n) is 4.03. The van der Waals surface area contributed by atoms with Gasteiger partial charge in [-0.3, -0.25) is 0 Å². The van der Waals surface area contributed by atoms with Gasteiger partial charge in [-0.15, -0.1) is 0 Å². The fourth-order valence-electron chi connectivity index (χ4n) is 3.08. The van der Waals surface area contributed by atoms with Crippen LogP contribution in [0.15, 0.2) is 11.6 Å². The Morgan fingerprint density at radius 3 is 3.31 bits per heavy atom. The highest BCUT2D eigenvalue weighted by molar-refractivity contribution is 5.23. The van der Waals surface area contributed by atoms with Crippen LogP contribution in [0.5, 0.6) is 0 Å². The molecule has 0 radical (unpaired) electrons. The van der Waals surface area contributed by atoms with Crippen LogP contribution in [0.1, 0.15) is 45.4 Å². The van der Waals surface area contributed by atoms with Crippen LogP contribution in [0, 0.1) is 22.7 Å². The second-order valence-corrected chi connectivity index (χ2v) is 4.64. The van der Waals surface area contributed by atoms with Crippen molar-refractivity contribution in [1.29, 1.82) is 5.26 Å². The molecule has 1 fully saturated rings. The van der Waals surface area contributed by atoms with Gasteiger partial charge in [0.15, 0.2) is 0 Å². The highest BCUT2D eigenvalue weighted by Gasteiger charge is 2.42. The molecule has 0 bridgehead atoms. The van der Waals surface area contributed by atoms with E-state index in [9.17, 15) is 0 Å². The van der Waals surface area contributed by atoms with Crippen molar-refractivity contribution < 1.29 is 0 Å². The van der Waals surface area contributed by atoms with Crippen molar-refractivity contribution in [1.82, 2.24) is 0 Å². The Morgan fingerprint density at radius 1 is 1.69 bits per heavy atom. The molecule has 2 aliphatic carbocycles. The second kappa shape index (κ2) is 3.18. The van der Waals surface area contributed by atoms with E-state index in [0.717, 1.165) is 6.42 Å². The van der Waals surface area contributed by atoms with Gasteiger partial charge in [0.2, 0.25) is 0 Å². The Kier molecular flexibility index (Phi) is 2.15. The van der Waals surface area contributed by atoms with Crippen LogP contribution >= 0.6 is 0 Å². The Hall–Kier alpha value is -0.770. The Morgan fingerprint density at radius 2 is 2.54 bits per heavy atom. The van der Waals surface area contributed by atoms with Crippen LogP contribution < -0.4 is 0 Å². The first-order valence-corrected chi connectivity index (χ1v) is 5.34. The van der Waals surface area contributed by atoms with Crippen LogP contribution in [0.2, 0.25) is 0 Å². The lowest BCUT2D eigenvalue weighted by molar-refractivity contribution is 0.244. The maximum absolute atomic E-state index is 8.76. The van der Waals surface area contributed by atoms with Crippen LogP contribution in [0.4, 0.5) is 0 Å². The molecule has 2 unspecified atom stereocenters. The largest absolute Gasteiger partial charge is 0.198 e. The fourth-order valence-corrected chi connectivity index (χ4v) is 3.08. The third-order valence-corrected chi connectivity index (χ3v) is 4.03. The summed E-state index contributed by atoms with van der Waals surface area (Å²) in [6.45, 7) is 2.37. The summed E-state index contributed by atoms with van der Waals surface area (Å²) in [5.74, 6) is 0.643. The molecule has 1 nitrogen and oxygen atoms in total. The molecule has 1 saturated carbocycles. The molecule has 2 atom stereocenters. The minimum atomic E-state index is 0.397. The fraction of sp³-hybridized carbons (Fsp3) is 0.750. The van der Waals surface area contributed by atoms with Gasteiger partial charge in [0, 0.05) is 6.42 Å². The summed E-state index contributed by atoms with van der Waals surface area (Å²) in [6, 6.07) is 2.34. The number of nitriles is 1. The van der Waals surface area contributed by atoms with Crippen molar-refractivity contribution in [3.63, 3.8) is 0 Å². The average Bonchev–Trinajstić information content (AvgIpc) is 2.45. The molecule has 2 rings (SSSR count). The first-order valence-electron chi connectivity index (χ1n) is 5.34. The van der Waals surface area contributed by atoms with Gasteiger partial charge >= 0.3 is 0 Å². The number of nitrogens with zero attached hydrogens (tertiary/aromatic N) is 1. The van der Waals surface area contributed by atoms with Crippen LogP contribution in [0.25, 0.3) is 0 Å². The molecule has 0 aromatic rings. The Bertz CT molecular complexity index is 271. The molecule has 2 aliphatic rings. The summed E-state index contributed by atoms with van der Waals surface area (Å²) in [5.41, 5.74) is 2.05. The summed E-state index contributed by atoms with van der Waals surface area (Å²) < 4.78 is 0. The van der Waals surface area contributed by atoms with Crippen molar-refractivity contribution >= 4 is 0 Å². The second-order valence-electron chi connectivity index (χ2n) is 4.64. The number of rotatable bonds is 1. The number of fused-ring (bicyclic) bond motifs is 1. The summed E-state index contributed by atoms with van der Waals surface area (Å²) in [4.78, 5) is 0. The van der Waals surface area contributed by atoms with Gasteiger partial charge in [-0.1, -0.05) is 18.6 Å². The molecule has 0 amide bonds. The molecule has 1 heteroatoms. The summed E-state index contributed by atoms with van der Waals surface area (Å²) in [7, 11) is 0. The van der Waals surface area contributed by atoms with Crippen molar-refractivity contribution in [3.8, 4) is 6.07 Å². The average molecular weight is 175 g/mol. The van der Waals surface area contributed by atoms with Crippen molar-refractivity contribution in [2.45, 2.75) is 45.4 Å². The minimum absolute atomic E-state index is 0.397. The maximum atomic E-state index is 8.76. The van der Waals surface area contributed by atoms with Gasteiger partial charge in [-0.05, 0) is 43.4 Å². The molecular weight excluding hydrogens is 158 g/mol. The SMILES string of the molecule is CC12CCCC=C1CCC2CC#N. The van der Waals surface area contributed by atoms with Crippen LogP contribution in [-0.4, -0.2) is 0 Å². The predicted octanol–water partition coefficient (Wildman–Crippen LogP) is 3.43. The molecular formula is C12H17N. The number of allylic oxidation sites excluding steroid dienone is 2. The summed E-state index contributed by atoms with van der Waals surface area (Å²) >= 11 is 0. The molecule has 0 heterocycles. The lowest BCUT2D eigenvalue weighted by Gasteiger charge is -2.34. The lowest BCUT2D eigenvalue weighted by atomic mass is 9.70. The normalized spacial score (nSPS) is 37.8. The minimum Gasteiger partial charge on any atom is -0.198 e. The van der Waals surface area contributed by atoms with Crippen molar-refractivity contribution in [2.75, 3.05) is 0 Å². The Balaban J connectivity index is 2.23. The van der Waals surface area contributed by atoms with E-state index in [1.165, 1.54) is 32.1 Å². The van der Waals surface area contributed by atoms with Gasteiger partial charge in [-0.2, -0.15) is 5.26 Å². The molecule has 0 spiro atoms. The smallest absolute Gasteiger partial charge is 0.0625 e. The topological polar surface area (TPSA) is 23.8 Å². The predicted molar refractivity (Wildman–Crippen MR) is 53.0 cm³/mol. The maximum Gasteiger partial charge on any atom is 0.0625 e. The molecule has 13 heavy (non-hydrogen) atoms. The number of hydrogen-bond acceptors (Lipinski definition) is 1. The molecule has 0 saturated heterocycles. The van der Waals surface area contributed by atoms with E-state index in [1.54, 1.807) is 5.57 Å². The van der Waals surface area contributed by atoms with Crippen molar-refractivity contribution in [3.05, 3.63) is 11.6 Å². The van der Waals surface area contributed by atoms with E-state index in [2.05, 4.69) is 19.1 Å². The van der Waals surface area contributed by atoms with Crippen LogP contribution in [-0.2, 0) is 0 Å². The number of hydrogen-bond donors (Lipinski definition) is 0. The molecule has 0 aromatic heterocycles. The van der Waals surface area contributed by atoms with Gasteiger partial charge in [-0.25, -0.2) is 0 Å². The standard InChI is InChI=1S/C12H17N/c1-12-8-3-2-4-10(12)5-6-11(12)7-9-13/h4,11H,2-3,5-8H2,1H3. The molecule has 70 valence electrons. The third kappa shape index (κ3) is 1.29. The zero-order valence-corrected chi connectivity index (χ0v) is 8.34. The van der Waals surface area contributed by atoms with E-state index in [0.29, 0.717) is 11.3 Å². The van der Waals surface area contributed by atoms with Gasteiger partial charge < -0.3 is 0 Å². The zero-order valence-electron chi connectivity index (χ0n) is 8.34. The highest BCUT2D eigenvalue weighted by atomic mass is 14.5.